The number of rotatable bonds is 4. The SMILES string of the molecule is COC(=O)c1ccc(Cn2nc(C)c3cnn(-c4ccc(C)c(C)c4)c3c2=O)cc1. The number of hydrogen-bond acceptors (Lipinski definition) is 5. The van der Waals surface area contributed by atoms with Crippen LogP contribution in [0, 0.1) is 20.8 Å². The number of aryl methyl sites for hydroxylation is 3. The molecule has 152 valence electrons. The second-order valence-corrected chi connectivity index (χ2v) is 7.32. The van der Waals surface area contributed by atoms with Crippen LogP contribution in [0.2, 0.25) is 0 Å². The Hall–Kier alpha value is -3.74. The normalized spacial score (nSPS) is 11.1. The first-order valence-electron chi connectivity index (χ1n) is 9.59. The Morgan fingerprint density at radius 1 is 1.03 bits per heavy atom. The van der Waals surface area contributed by atoms with Gasteiger partial charge in [-0.15, -0.1) is 0 Å². The van der Waals surface area contributed by atoms with E-state index in [0.717, 1.165) is 27.9 Å². The molecule has 7 nitrogen and oxygen atoms in total. The lowest BCUT2D eigenvalue weighted by Gasteiger charge is -2.10. The van der Waals surface area contributed by atoms with Crippen molar-refractivity contribution in [2.45, 2.75) is 27.3 Å². The van der Waals surface area contributed by atoms with Crippen molar-refractivity contribution in [3.63, 3.8) is 0 Å². The predicted molar refractivity (Wildman–Crippen MR) is 114 cm³/mol. The Morgan fingerprint density at radius 3 is 2.43 bits per heavy atom. The number of fused-ring (bicyclic) bond motifs is 1. The van der Waals surface area contributed by atoms with Crippen LogP contribution < -0.4 is 5.56 Å². The fraction of sp³-hybridized carbons (Fsp3) is 0.217. The third kappa shape index (κ3) is 3.39. The van der Waals surface area contributed by atoms with Gasteiger partial charge < -0.3 is 4.74 Å². The Morgan fingerprint density at radius 2 is 1.77 bits per heavy atom. The number of benzene rings is 2. The number of aromatic nitrogens is 4. The van der Waals surface area contributed by atoms with Crippen LogP contribution in [0.3, 0.4) is 0 Å². The van der Waals surface area contributed by atoms with E-state index in [0.29, 0.717) is 11.1 Å². The summed E-state index contributed by atoms with van der Waals surface area (Å²) < 4.78 is 7.83. The second kappa shape index (κ2) is 7.59. The number of carbonyl (C=O) groups excluding carboxylic acids is 1. The zero-order valence-electron chi connectivity index (χ0n) is 17.3. The van der Waals surface area contributed by atoms with Crippen LogP contribution in [0.5, 0.6) is 0 Å². The van der Waals surface area contributed by atoms with Gasteiger partial charge in [0.2, 0.25) is 0 Å². The van der Waals surface area contributed by atoms with Crippen molar-refractivity contribution in [3.8, 4) is 5.69 Å². The van der Waals surface area contributed by atoms with Gasteiger partial charge in [0.05, 0.1) is 36.8 Å². The maximum atomic E-state index is 13.3. The first-order chi connectivity index (χ1) is 14.4. The van der Waals surface area contributed by atoms with E-state index in [-0.39, 0.29) is 12.1 Å². The molecule has 0 unspecified atom stereocenters. The third-order valence-corrected chi connectivity index (χ3v) is 5.31. The van der Waals surface area contributed by atoms with Crippen molar-refractivity contribution >= 4 is 16.9 Å². The second-order valence-electron chi connectivity index (χ2n) is 7.32. The highest BCUT2D eigenvalue weighted by Gasteiger charge is 2.16. The van der Waals surface area contributed by atoms with Crippen molar-refractivity contribution in [2.24, 2.45) is 0 Å². The topological polar surface area (TPSA) is 79.0 Å². The number of methoxy groups -OCH3 is 1. The van der Waals surface area contributed by atoms with E-state index in [2.05, 4.69) is 10.2 Å². The van der Waals surface area contributed by atoms with Crippen molar-refractivity contribution < 1.29 is 9.53 Å². The summed E-state index contributed by atoms with van der Waals surface area (Å²) in [5.74, 6) is -0.397. The van der Waals surface area contributed by atoms with Crippen LogP contribution in [-0.4, -0.2) is 32.6 Å². The van der Waals surface area contributed by atoms with Crippen LogP contribution in [0.15, 0.2) is 53.5 Å². The molecule has 2 aromatic carbocycles. The van der Waals surface area contributed by atoms with E-state index in [1.54, 1.807) is 35.1 Å². The lowest BCUT2D eigenvalue weighted by Crippen LogP contribution is -2.26. The minimum Gasteiger partial charge on any atom is -0.465 e. The summed E-state index contributed by atoms with van der Waals surface area (Å²) in [6.45, 7) is 6.24. The quantitative estimate of drug-likeness (QED) is 0.489. The average molecular weight is 402 g/mol. The molecule has 2 aromatic heterocycles. The molecule has 7 heteroatoms. The summed E-state index contributed by atoms with van der Waals surface area (Å²) in [5, 5.41) is 9.66. The molecule has 0 bridgehead atoms. The first-order valence-corrected chi connectivity index (χ1v) is 9.59. The fourth-order valence-electron chi connectivity index (χ4n) is 3.42. The molecule has 0 aliphatic carbocycles. The molecule has 4 aromatic rings. The molecule has 0 fully saturated rings. The molecule has 2 heterocycles. The summed E-state index contributed by atoms with van der Waals surface area (Å²) >= 11 is 0. The largest absolute Gasteiger partial charge is 0.465 e. The summed E-state index contributed by atoms with van der Waals surface area (Å²) in [6.07, 6.45) is 1.68. The molecule has 0 saturated heterocycles. The number of hydrogen-bond donors (Lipinski definition) is 0. The highest BCUT2D eigenvalue weighted by atomic mass is 16.5. The molecular weight excluding hydrogens is 380 g/mol. The Labute approximate surface area is 173 Å². The Bertz CT molecular complexity index is 1320. The van der Waals surface area contributed by atoms with Gasteiger partial charge in [0.1, 0.15) is 5.52 Å². The molecule has 0 atom stereocenters. The standard InChI is InChI=1S/C23H22N4O3/c1-14-5-10-19(11-15(14)2)27-21-20(12-24-27)16(3)25-26(22(21)28)13-17-6-8-18(9-7-17)23(29)30-4/h5-12H,13H2,1-4H3. The zero-order valence-corrected chi connectivity index (χ0v) is 17.3. The van der Waals surface area contributed by atoms with E-state index >= 15 is 0 Å². The monoisotopic (exact) mass is 402 g/mol. The highest BCUT2D eigenvalue weighted by molar-refractivity contribution is 5.89. The lowest BCUT2D eigenvalue weighted by molar-refractivity contribution is 0.0600. The highest BCUT2D eigenvalue weighted by Crippen LogP contribution is 2.19. The van der Waals surface area contributed by atoms with Crippen LogP contribution in [0.25, 0.3) is 16.6 Å². The molecule has 30 heavy (non-hydrogen) atoms. The summed E-state index contributed by atoms with van der Waals surface area (Å²) in [7, 11) is 1.34. The van der Waals surface area contributed by atoms with E-state index in [4.69, 9.17) is 4.74 Å². The maximum Gasteiger partial charge on any atom is 0.337 e. The molecule has 0 amide bonds. The third-order valence-electron chi connectivity index (χ3n) is 5.31. The summed E-state index contributed by atoms with van der Waals surface area (Å²) in [6, 6.07) is 12.9. The van der Waals surface area contributed by atoms with Crippen LogP contribution >= 0.6 is 0 Å². The summed E-state index contributed by atoms with van der Waals surface area (Å²) in [4.78, 5) is 24.9. The van der Waals surface area contributed by atoms with Gasteiger partial charge in [-0.3, -0.25) is 4.79 Å². The Kier molecular flexibility index (Phi) is 4.95. The van der Waals surface area contributed by atoms with Gasteiger partial charge in [-0.2, -0.15) is 10.2 Å². The number of esters is 1. The number of carbonyl (C=O) groups is 1. The van der Waals surface area contributed by atoms with E-state index in [9.17, 15) is 9.59 Å². The van der Waals surface area contributed by atoms with Crippen LogP contribution in [-0.2, 0) is 11.3 Å². The first kappa shape index (κ1) is 19.6. The molecule has 4 rings (SSSR count). The van der Waals surface area contributed by atoms with Gasteiger partial charge in [-0.05, 0) is 61.7 Å². The van der Waals surface area contributed by atoms with E-state index < -0.39 is 5.97 Å². The van der Waals surface area contributed by atoms with Gasteiger partial charge >= 0.3 is 5.97 Å². The molecule has 0 aliphatic heterocycles. The van der Waals surface area contributed by atoms with Gasteiger partial charge in [0.25, 0.3) is 5.56 Å². The maximum absolute atomic E-state index is 13.3. The smallest absolute Gasteiger partial charge is 0.337 e. The van der Waals surface area contributed by atoms with Crippen molar-refractivity contribution in [1.29, 1.82) is 0 Å². The lowest BCUT2D eigenvalue weighted by atomic mass is 10.1. The molecule has 0 aliphatic rings. The van der Waals surface area contributed by atoms with Crippen molar-refractivity contribution in [3.05, 3.63) is 87.0 Å². The average Bonchev–Trinajstić information content (AvgIpc) is 3.20. The van der Waals surface area contributed by atoms with Gasteiger partial charge in [-0.1, -0.05) is 18.2 Å². The summed E-state index contributed by atoms with van der Waals surface area (Å²) in [5.41, 5.74) is 5.47. The van der Waals surface area contributed by atoms with Gasteiger partial charge in [-0.25, -0.2) is 14.2 Å². The van der Waals surface area contributed by atoms with Gasteiger partial charge in [0.15, 0.2) is 0 Å². The van der Waals surface area contributed by atoms with Crippen molar-refractivity contribution in [2.75, 3.05) is 7.11 Å². The fourth-order valence-corrected chi connectivity index (χ4v) is 3.42. The minimum atomic E-state index is -0.397. The molecule has 0 radical (unpaired) electrons. The molecule has 0 spiro atoms. The van der Waals surface area contributed by atoms with Crippen molar-refractivity contribution in [1.82, 2.24) is 19.6 Å². The van der Waals surface area contributed by atoms with Crippen LogP contribution in [0.1, 0.15) is 32.7 Å². The predicted octanol–water partition coefficient (Wildman–Crippen LogP) is 3.34. The van der Waals surface area contributed by atoms with Crippen LogP contribution in [0.4, 0.5) is 0 Å². The number of nitrogens with zero attached hydrogens (tertiary/aromatic N) is 4. The van der Waals surface area contributed by atoms with Gasteiger partial charge in [0, 0.05) is 5.39 Å². The number of ether oxygens (including phenoxy) is 1. The Balaban J connectivity index is 1.78. The molecular formula is C23H22N4O3. The van der Waals surface area contributed by atoms with E-state index in [1.165, 1.54) is 17.4 Å². The molecule has 0 saturated carbocycles. The van der Waals surface area contributed by atoms with E-state index in [1.807, 2.05) is 39.0 Å². The zero-order chi connectivity index (χ0) is 21.4. The molecule has 0 N–H and O–H groups in total. The minimum absolute atomic E-state index is 0.219.